The number of nitrogens with zero attached hydrogens (tertiary/aromatic N) is 1. The standard InChI is InChI=1S/C16H16Cl2N2O2/c1-2-19(11-13-7-14(17)9-15(18)8-13)10-12-3-5-16(6-4-12)20(21)22/h3-9H,2,10-11H2,1H3/p+1. The molecule has 4 nitrogen and oxygen atoms in total. The number of hydrogen-bond donors (Lipinski definition) is 1. The number of hydrogen-bond acceptors (Lipinski definition) is 2. The summed E-state index contributed by atoms with van der Waals surface area (Å²) >= 11 is 12.1. The van der Waals surface area contributed by atoms with Gasteiger partial charge in [-0.25, -0.2) is 0 Å². The molecule has 2 aromatic rings. The van der Waals surface area contributed by atoms with E-state index in [4.69, 9.17) is 23.2 Å². The van der Waals surface area contributed by atoms with Crippen LogP contribution in [0.1, 0.15) is 18.1 Å². The van der Waals surface area contributed by atoms with Crippen LogP contribution in [0.5, 0.6) is 0 Å². The van der Waals surface area contributed by atoms with E-state index < -0.39 is 0 Å². The summed E-state index contributed by atoms with van der Waals surface area (Å²) in [4.78, 5) is 11.6. The van der Waals surface area contributed by atoms with Crippen molar-refractivity contribution in [3.8, 4) is 0 Å². The summed E-state index contributed by atoms with van der Waals surface area (Å²) in [6, 6.07) is 12.2. The molecule has 22 heavy (non-hydrogen) atoms. The van der Waals surface area contributed by atoms with Crippen molar-refractivity contribution in [3.05, 3.63) is 73.8 Å². The number of nitro benzene ring substituents is 1. The maximum absolute atomic E-state index is 10.7. The minimum atomic E-state index is -0.387. The van der Waals surface area contributed by atoms with Gasteiger partial charge in [-0.2, -0.15) is 0 Å². The van der Waals surface area contributed by atoms with Gasteiger partial charge in [0, 0.05) is 33.3 Å². The van der Waals surface area contributed by atoms with Crippen molar-refractivity contribution in [2.75, 3.05) is 6.54 Å². The van der Waals surface area contributed by atoms with Gasteiger partial charge in [-0.3, -0.25) is 10.1 Å². The molecule has 0 fully saturated rings. The topological polar surface area (TPSA) is 47.6 Å². The van der Waals surface area contributed by atoms with Crippen LogP contribution in [0.3, 0.4) is 0 Å². The molecule has 1 N–H and O–H groups in total. The lowest BCUT2D eigenvalue weighted by molar-refractivity contribution is -0.925. The molecular weight excluding hydrogens is 323 g/mol. The number of nitro groups is 1. The fourth-order valence-corrected chi connectivity index (χ4v) is 2.91. The Hall–Kier alpha value is -1.62. The largest absolute Gasteiger partial charge is 0.328 e. The van der Waals surface area contributed by atoms with E-state index in [1.54, 1.807) is 30.3 Å². The fraction of sp³-hybridized carbons (Fsp3) is 0.250. The zero-order valence-corrected chi connectivity index (χ0v) is 13.7. The van der Waals surface area contributed by atoms with Gasteiger partial charge in [0.2, 0.25) is 0 Å². The number of nitrogens with one attached hydrogen (secondary N) is 1. The third kappa shape index (κ3) is 4.70. The van der Waals surface area contributed by atoms with Crippen LogP contribution in [0, 0.1) is 10.1 Å². The average Bonchev–Trinajstić information content (AvgIpc) is 2.46. The highest BCUT2D eigenvalue weighted by molar-refractivity contribution is 6.34. The smallest absolute Gasteiger partial charge is 0.269 e. The number of benzene rings is 2. The second-order valence-corrected chi connectivity index (χ2v) is 6.03. The van der Waals surface area contributed by atoms with Gasteiger partial charge in [-0.05, 0) is 37.3 Å². The summed E-state index contributed by atoms with van der Waals surface area (Å²) in [5.74, 6) is 0. The monoisotopic (exact) mass is 339 g/mol. The fourth-order valence-electron chi connectivity index (χ4n) is 2.34. The zero-order chi connectivity index (χ0) is 16.1. The van der Waals surface area contributed by atoms with Crippen molar-refractivity contribution in [2.24, 2.45) is 0 Å². The Morgan fingerprint density at radius 2 is 1.55 bits per heavy atom. The highest BCUT2D eigenvalue weighted by Crippen LogP contribution is 2.18. The SMILES string of the molecule is CC[NH+](Cc1ccc([N+](=O)[O-])cc1)Cc1cc(Cl)cc(Cl)c1. The first kappa shape index (κ1) is 16.7. The van der Waals surface area contributed by atoms with Gasteiger partial charge in [0.15, 0.2) is 0 Å². The molecule has 0 aliphatic carbocycles. The molecule has 0 saturated heterocycles. The maximum Gasteiger partial charge on any atom is 0.269 e. The number of rotatable bonds is 6. The Balaban J connectivity index is 2.06. The van der Waals surface area contributed by atoms with Gasteiger partial charge in [0.25, 0.3) is 5.69 Å². The molecule has 2 rings (SSSR count). The van der Waals surface area contributed by atoms with Crippen LogP contribution in [-0.4, -0.2) is 11.5 Å². The number of quaternary nitrogens is 1. The van der Waals surface area contributed by atoms with E-state index in [9.17, 15) is 10.1 Å². The van der Waals surface area contributed by atoms with Crippen LogP contribution in [-0.2, 0) is 13.1 Å². The summed E-state index contributed by atoms with van der Waals surface area (Å²) in [6.07, 6.45) is 0. The first-order valence-corrected chi connectivity index (χ1v) is 7.75. The van der Waals surface area contributed by atoms with Crippen LogP contribution in [0.4, 0.5) is 5.69 Å². The molecular formula is C16H17Cl2N2O2+. The molecule has 0 heterocycles. The van der Waals surface area contributed by atoms with Crippen molar-refractivity contribution in [3.63, 3.8) is 0 Å². The van der Waals surface area contributed by atoms with E-state index in [0.717, 1.165) is 30.8 Å². The van der Waals surface area contributed by atoms with Gasteiger partial charge in [-0.15, -0.1) is 0 Å². The van der Waals surface area contributed by atoms with Crippen molar-refractivity contribution < 1.29 is 9.82 Å². The lowest BCUT2D eigenvalue weighted by atomic mass is 10.1. The summed E-state index contributed by atoms with van der Waals surface area (Å²) in [5, 5.41) is 11.9. The van der Waals surface area contributed by atoms with Gasteiger partial charge in [0.05, 0.1) is 11.5 Å². The molecule has 0 aliphatic rings. The molecule has 0 saturated carbocycles. The highest BCUT2D eigenvalue weighted by atomic mass is 35.5. The lowest BCUT2D eigenvalue weighted by Crippen LogP contribution is -3.09. The molecule has 116 valence electrons. The van der Waals surface area contributed by atoms with Gasteiger partial charge >= 0.3 is 0 Å². The molecule has 0 bridgehead atoms. The normalized spacial score (nSPS) is 12.1. The third-order valence-electron chi connectivity index (χ3n) is 3.48. The van der Waals surface area contributed by atoms with Gasteiger partial charge < -0.3 is 4.90 Å². The molecule has 0 spiro atoms. The molecule has 0 aliphatic heterocycles. The summed E-state index contributed by atoms with van der Waals surface area (Å²) in [7, 11) is 0. The van der Waals surface area contributed by atoms with Gasteiger partial charge in [0.1, 0.15) is 13.1 Å². The lowest BCUT2D eigenvalue weighted by Gasteiger charge is -2.18. The minimum Gasteiger partial charge on any atom is -0.328 e. The second kappa shape index (κ2) is 7.58. The van der Waals surface area contributed by atoms with Crippen molar-refractivity contribution >= 4 is 28.9 Å². The summed E-state index contributed by atoms with van der Waals surface area (Å²) in [6.45, 7) is 4.63. The molecule has 0 aromatic heterocycles. The number of halogens is 2. The third-order valence-corrected chi connectivity index (χ3v) is 3.91. The average molecular weight is 340 g/mol. The molecule has 6 heteroatoms. The Morgan fingerprint density at radius 1 is 1.00 bits per heavy atom. The van der Waals surface area contributed by atoms with E-state index >= 15 is 0 Å². The predicted octanol–water partition coefficient (Wildman–Crippen LogP) is 3.51. The summed E-state index contributed by atoms with van der Waals surface area (Å²) < 4.78 is 0. The Morgan fingerprint density at radius 3 is 2.05 bits per heavy atom. The van der Waals surface area contributed by atoms with Crippen LogP contribution in [0.15, 0.2) is 42.5 Å². The molecule has 0 radical (unpaired) electrons. The Labute approximate surface area is 139 Å². The minimum absolute atomic E-state index is 0.114. The van der Waals surface area contributed by atoms with E-state index in [2.05, 4.69) is 6.92 Å². The van der Waals surface area contributed by atoms with Crippen LogP contribution >= 0.6 is 23.2 Å². The van der Waals surface area contributed by atoms with Gasteiger partial charge in [-0.1, -0.05) is 23.2 Å². The molecule has 1 atom stereocenters. The maximum atomic E-state index is 10.7. The van der Waals surface area contributed by atoms with E-state index in [1.807, 2.05) is 12.1 Å². The Bertz CT molecular complexity index is 639. The zero-order valence-electron chi connectivity index (χ0n) is 12.2. The Kier molecular flexibility index (Phi) is 5.77. The van der Waals surface area contributed by atoms with E-state index in [1.165, 1.54) is 4.90 Å². The van der Waals surface area contributed by atoms with Crippen LogP contribution in [0.25, 0.3) is 0 Å². The van der Waals surface area contributed by atoms with Crippen molar-refractivity contribution in [1.82, 2.24) is 0 Å². The second-order valence-electron chi connectivity index (χ2n) is 5.16. The first-order chi connectivity index (χ1) is 10.5. The summed E-state index contributed by atoms with van der Waals surface area (Å²) in [5.41, 5.74) is 2.26. The van der Waals surface area contributed by atoms with E-state index in [-0.39, 0.29) is 10.6 Å². The highest BCUT2D eigenvalue weighted by Gasteiger charge is 2.11. The number of non-ortho nitro benzene ring substituents is 1. The first-order valence-electron chi connectivity index (χ1n) is 7.00. The molecule has 0 amide bonds. The van der Waals surface area contributed by atoms with Crippen LogP contribution < -0.4 is 4.90 Å². The van der Waals surface area contributed by atoms with Crippen LogP contribution in [0.2, 0.25) is 10.0 Å². The van der Waals surface area contributed by atoms with Crippen molar-refractivity contribution in [2.45, 2.75) is 20.0 Å². The quantitative estimate of drug-likeness (QED) is 0.646. The van der Waals surface area contributed by atoms with E-state index in [0.29, 0.717) is 10.0 Å². The predicted molar refractivity (Wildman–Crippen MR) is 88.5 cm³/mol. The van der Waals surface area contributed by atoms with Crippen molar-refractivity contribution in [1.29, 1.82) is 0 Å². The molecule has 2 aromatic carbocycles. The molecule has 1 unspecified atom stereocenters.